The number of fused-ring (bicyclic) bond motifs is 1. The van der Waals surface area contributed by atoms with Gasteiger partial charge >= 0.3 is 0 Å². The number of nitrogens with zero attached hydrogens (tertiary/aromatic N) is 1. The monoisotopic (exact) mass is 250 g/mol. The van der Waals surface area contributed by atoms with Crippen LogP contribution in [0.5, 0.6) is 11.5 Å². The van der Waals surface area contributed by atoms with Crippen molar-refractivity contribution in [3.05, 3.63) is 12.1 Å². The number of hydrogen-bond donors (Lipinski definition) is 1. The van der Waals surface area contributed by atoms with Gasteiger partial charge in [-0.1, -0.05) is 13.8 Å². The average molecular weight is 250 g/mol. The van der Waals surface area contributed by atoms with Gasteiger partial charge in [0.05, 0.1) is 25.6 Å². The number of rotatable bonds is 4. The first-order chi connectivity index (χ1) is 8.65. The Morgan fingerprint density at radius 1 is 1.22 bits per heavy atom. The van der Waals surface area contributed by atoms with E-state index < -0.39 is 0 Å². The lowest BCUT2D eigenvalue weighted by atomic mass is 10.1. The molecule has 4 heteroatoms. The van der Waals surface area contributed by atoms with Crippen molar-refractivity contribution in [1.29, 1.82) is 0 Å². The minimum absolute atomic E-state index is 0.643. The molecule has 0 aliphatic carbocycles. The summed E-state index contributed by atoms with van der Waals surface area (Å²) in [4.78, 5) is 2.40. The fourth-order valence-electron chi connectivity index (χ4n) is 2.35. The van der Waals surface area contributed by atoms with E-state index in [0.29, 0.717) is 5.92 Å². The molecule has 18 heavy (non-hydrogen) atoms. The molecule has 2 rings (SSSR count). The maximum atomic E-state index is 5.38. The third-order valence-corrected chi connectivity index (χ3v) is 3.13. The molecule has 0 unspecified atom stereocenters. The molecule has 0 atom stereocenters. The number of methoxy groups -OCH3 is 2. The normalized spacial score (nSPS) is 14.2. The highest BCUT2D eigenvalue weighted by atomic mass is 16.5. The van der Waals surface area contributed by atoms with E-state index in [4.69, 9.17) is 9.47 Å². The number of benzene rings is 1. The molecule has 1 heterocycles. The lowest BCUT2D eigenvalue weighted by molar-refractivity contribution is 0.355. The van der Waals surface area contributed by atoms with Crippen molar-refractivity contribution in [2.45, 2.75) is 13.8 Å². The Balaban J connectivity index is 2.37. The van der Waals surface area contributed by atoms with Gasteiger partial charge in [-0.05, 0) is 5.92 Å². The van der Waals surface area contributed by atoms with E-state index in [1.807, 2.05) is 6.07 Å². The molecule has 0 fully saturated rings. The fraction of sp³-hybridized carbons (Fsp3) is 0.571. The van der Waals surface area contributed by atoms with Crippen LogP contribution in [0.2, 0.25) is 0 Å². The van der Waals surface area contributed by atoms with Gasteiger partial charge in [0, 0.05) is 31.8 Å². The van der Waals surface area contributed by atoms with Crippen molar-refractivity contribution >= 4 is 11.4 Å². The highest BCUT2D eigenvalue weighted by Crippen LogP contribution is 2.39. The molecule has 1 aliphatic rings. The van der Waals surface area contributed by atoms with E-state index in [1.165, 1.54) is 5.69 Å². The third kappa shape index (κ3) is 2.47. The van der Waals surface area contributed by atoms with Crippen molar-refractivity contribution in [1.82, 2.24) is 0 Å². The van der Waals surface area contributed by atoms with Gasteiger partial charge in [-0.2, -0.15) is 0 Å². The smallest absolute Gasteiger partial charge is 0.162 e. The molecule has 0 amide bonds. The zero-order valence-corrected chi connectivity index (χ0v) is 11.6. The second kappa shape index (κ2) is 5.38. The summed E-state index contributed by atoms with van der Waals surface area (Å²) >= 11 is 0. The zero-order valence-electron chi connectivity index (χ0n) is 11.6. The number of anilines is 2. The Kier molecular flexibility index (Phi) is 3.84. The van der Waals surface area contributed by atoms with E-state index in [9.17, 15) is 0 Å². The summed E-state index contributed by atoms with van der Waals surface area (Å²) < 4.78 is 10.7. The second-order valence-corrected chi connectivity index (χ2v) is 4.99. The van der Waals surface area contributed by atoms with Crippen LogP contribution in [-0.2, 0) is 0 Å². The van der Waals surface area contributed by atoms with Crippen LogP contribution in [0, 0.1) is 5.92 Å². The standard InChI is InChI=1S/C14H22N2O2/c1-10(2)9-16-6-5-15-11-7-13(17-3)14(18-4)8-12(11)16/h7-8,10,15H,5-6,9H2,1-4H3. The molecule has 0 aromatic heterocycles. The molecule has 0 saturated carbocycles. The molecule has 1 aromatic carbocycles. The van der Waals surface area contributed by atoms with Gasteiger partial charge in [0.25, 0.3) is 0 Å². The van der Waals surface area contributed by atoms with Crippen LogP contribution in [0.25, 0.3) is 0 Å². The fourth-order valence-corrected chi connectivity index (χ4v) is 2.35. The van der Waals surface area contributed by atoms with E-state index in [2.05, 4.69) is 30.1 Å². The van der Waals surface area contributed by atoms with Crippen LogP contribution in [0.3, 0.4) is 0 Å². The molecule has 0 bridgehead atoms. The Labute approximate surface area is 109 Å². The Morgan fingerprint density at radius 3 is 2.50 bits per heavy atom. The van der Waals surface area contributed by atoms with E-state index in [0.717, 1.165) is 36.8 Å². The number of hydrogen-bond acceptors (Lipinski definition) is 4. The average Bonchev–Trinajstić information content (AvgIpc) is 2.37. The van der Waals surface area contributed by atoms with E-state index >= 15 is 0 Å². The van der Waals surface area contributed by atoms with Gasteiger partial charge in [-0.25, -0.2) is 0 Å². The second-order valence-electron chi connectivity index (χ2n) is 4.99. The molecular formula is C14H22N2O2. The van der Waals surface area contributed by atoms with Gasteiger partial charge in [0.2, 0.25) is 0 Å². The summed E-state index contributed by atoms with van der Waals surface area (Å²) in [6.45, 7) is 7.53. The SMILES string of the molecule is COc1cc2c(cc1OC)N(CC(C)C)CCN2. The molecule has 0 saturated heterocycles. The number of ether oxygens (including phenoxy) is 2. The first-order valence-electron chi connectivity index (χ1n) is 6.40. The molecule has 1 N–H and O–H groups in total. The maximum Gasteiger partial charge on any atom is 0.162 e. The van der Waals surface area contributed by atoms with Gasteiger partial charge in [-0.15, -0.1) is 0 Å². The molecule has 0 spiro atoms. The molecule has 1 aromatic rings. The molecule has 1 aliphatic heterocycles. The highest BCUT2D eigenvalue weighted by molar-refractivity contribution is 5.76. The lowest BCUT2D eigenvalue weighted by Gasteiger charge is -2.34. The van der Waals surface area contributed by atoms with Crippen LogP contribution < -0.4 is 19.7 Å². The predicted octanol–water partition coefficient (Wildman–Crippen LogP) is 2.59. The van der Waals surface area contributed by atoms with Crippen LogP contribution in [0.1, 0.15) is 13.8 Å². The van der Waals surface area contributed by atoms with Crippen molar-refractivity contribution in [3.8, 4) is 11.5 Å². The quantitative estimate of drug-likeness (QED) is 0.890. The predicted molar refractivity (Wildman–Crippen MR) is 75.1 cm³/mol. The molecule has 4 nitrogen and oxygen atoms in total. The van der Waals surface area contributed by atoms with Crippen molar-refractivity contribution < 1.29 is 9.47 Å². The number of nitrogens with one attached hydrogen (secondary N) is 1. The summed E-state index contributed by atoms with van der Waals surface area (Å²) in [6, 6.07) is 4.07. The largest absolute Gasteiger partial charge is 0.493 e. The lowest BCUT2D eigenvalue weighted by Crippen LogP contribution is -2.36. The van der Waals surface area contributed by atoms with Crippen molar-refractivity contribution in [2.75, 3.05) is 44.1 Å². The highest BCUT2D eigenvalue weighted by Gasteiger charge is 2.20. The van der Waals surface area contributed by atoms with Crippen LogP contribution in [0.15, 0.2) is 12.1 Å². The van der Waals surface area contributed by atoms with Crippen LogP contribution in [-0.4, -0.2) is 33.9 Å². The van der Waals surface area contributed by atoms with Crippen LogP contribution in [0.4, 0.5) is 11.4 Å². The molecular weight excluding hydrogens is 228 g/mol. The van der Waals surface area contributed by atoms with Gasteiger partial charge in [0.1, 0.15) is 0 Å². The van der Waals surface area contributed by atoms with Gasteiger partial charge in [0.15, 0.2) is 11.5 Å². The third-order valence-electron chi connectivity index (χ3n) is 3.13. The summed E-state index contributed by atoms with van der Waals surface area (Å²) in [5, 5.41) is 3.41. The maximum absolute atomic E-state index is 5.38. The molecule has 100 valence electrons. The van der Waals surface area contributed by atoms with Crippen LogP contribution >= 0.6 is 0 Å². The van der Waals surface area contributed by atoms with Gasteiger partial charge < -0.3 is 19.7 Å². The van der Waals surface area contributed by atoms with Crippen molar-refractivity contribution in [2.24, 2.45) is 5.92 Å². The van der Waals surface area contributed by atoms with E-state index in [-0.39, 0.29) is 0 Å². The van der Waals surface area contributed by atoms with Crippen molar-refractivity contribution in [3.63, 3.8) is 0 Å². The zero-order chi connectivity index (χ0) is 13.1. The summed E-state index contributed by atoms with van der Waals surface area (Å²) in [7, 11) is 3.34. The van der Waals surface area contributed by atoms with Gasteiger partial charge in [-0.3, -0.25) is 0 Å². The Morgan fingerprint density at radius 2 is 1.89 bits per heavy atom. The topological polar surface area (TPSA) is 33.7 Å². The first kappa shape index (κ1) is 12.9. The summed E-state index contributed by atoms with van der Waals surface area (Å²) in [6.07, 6.45) is 0. The Bertz CT molecular complexity index is 419. The summed E-state index contributed by atoms with van der Waals surface area (Å²) in [5.74, 6) is 2.20. The van der Waals surface area contributed by atoms with E-state index in [1.54, 1.807) is 14.2 Å². The first-order valence-corrected chi connectivity index (χ1v) is 6.40. The molecule has 0 radical (unpaired) electrons. The summed E-state index contributed by atoms with van der Waals surface area (Å²) in [5.41, 5.74) is 2.33. The minimum atomic E-state index is 0.643. The minimum Gasteiger partial charge on any atom is -0.493 e. The Hall–Kier alpha value is -1.58.